The Bertz CT molecular complexity index is 917. The summed E-state index contributed by atoms with van der Waals surface area (Å²) in [6.07, 6.45) is 0.0570. The number of halogens is 2. The van der Waals surface area contributed by atoms with Crippen molar-refractivity contribution in [3.63, 3.8) is 0 Å². The summed E-state index contributed by atoms with van der Waals surface area (Å²) < 4.78 is 24.2. The minimum atomic E-state index is -3.29. The van der Waals surface area contributed by atoms with Crippen LogP contribution in [0.4, 0.5) is 11.4 Å². The fourth-order valence-electron chi connectivity index (χ4n) is 3.41. The zero-order valence-corrected chi connectivity index (χ0v) is 17.7. The topological polar surface area (TPSA) is 92.3 Å². The molecule has 1 heterocycles. The van der Waals surface area contributed by atoms with Crippen LogP contribution in [0.15, 0.2) is 48.5 Å². The van der Waals surface area contributed by atoms with E-state index in [1.54, 1.807) is 48.5 Å². The van der Waals surface area contributed by atoms with Crippen LogP contribution < -0.4 is 10.6 Å². The Kier molecular flexibility index (Phi) is 6.82. The molecule has 0 unspecified atom stereocenters. The molecule has 0 bridgehead atoms. The fraction of sp³-hybridized carbons (Fsp3) is 0.300. The van der Waals surface area contributed by atoms with Crippen molar-refractivity contribution < 1.29 is 18.0 Å². The van der Waals surface area contributed by atoms with E-state index in [1.165, 1.54) is 0 Å². The van der Waals surface area contributed by atoms with Crippen LogP contribution in [-0.4, -0.2) is 31.7 Å². The monoisotopic (exact) mass is 454 g/mol. The summed E-state index contributed by atoms with van der Waals surface area (Å²) in [5, 5.41) is 6.58. The predicted octanol–water partition coefficient (Wildman–Crippen LogP) is 4.01. The van der Waals surface area contributed by atoms with E-state index in [-0.39, 0.29) is 36.2 Å². The molecule has 0 saturated carbocycles. The lowest BCUT2D eigenvalue weighted by Gasteiger charge is -2.17. The van der Waals surface area contributed by atoms with E-state index in [1.807, 2.05) is 0 Å². The van der Waals surface area contributed by atoms with Crippen molar-refractivity contribution in [1.29, 1.82) is 0 Å². The average Bonchev–Trinajstić information content (AvgIpc) is 2.91. The predicted molar refractivity (Wildman–Crippen MR) is 115 cm³/mol. The van der Waals surface area contributed by atoms with Gasteiger partial charge in [0.05, 0.1) is 11.5 Å². The quantitative estimate of drug-likeness (QED) is 0.689. The Morgan fingerprint density at radius 1 is 0.759 bits per heavy atom. The summed E-state index contributed by atoms with van der Waals surface area (Å²) in [6.45, 7) is 0. The zero-order chi connectivity index (χ0) is 21.0. The smallest absolute Gasteiger partial charge is 0.224 e. The molecule has 29 heavy (non-hydrogen) atoms. The number of carbonyl (C=O) groups excluding carboxylic acids is 2. The van der Waals surface area contributed by atoms with Crippen LogP contribution in [0.3, 0.4) is 0 Å². The normalized spacial score (nSPS) is 20.2. The van der Waals surface area contributed by atoms with E-state index in [2.05, 4.69) is 10.6 Å². The van der Waals surface area contributed by atoms with Gasteiger partial charge >= 0.3 is 0 Å². The van der Waals surface area contributed by atoms with Crippen LogP contribution >= 0.6 is 23.2 Å². The molecular weight excluding hydrogens is 435 g/mol. The van der Waals surface area contributed by atoms with Gasteiger partial charge in [-0.3, -0.25) is 9.59 Å². The van der Waals surface area contributed by atoms with Crippen LogP contribution in [0.25, 0.3) is 0 Å². The lowest BCUT2D eigenvalue weighted by Crippen LogP contribution is -2.25. The number of nitrogens with one attached hydrogen (secondary N) is 2. The zero-order valence-electron chi connectivity index (χ0n) is 15.4. The van der Waals surface area contributed by atoms with E-state index < -0.39 is 21.7 Å². The third-order valence-corrected chi connectivity index (χ3v) is 7.13. The van der Waals surface area contributed by atoms with Crippen LogP contribution in [-0.2, 0) is 19.4 Å². The summed E-state index contributed by atoms with van der Waals surface area (Å²) in [5.41, 5.74) is 1.16. The summed E-state index contributed by atoms with van der Waals surface area (Å²) in [4.78, 5) is 24.7. The second kappa shape index (κ2) is 9.15. The van der Waals surface area contributed by atoms with Gasteiger partial charge in [-0.2, -0.15) is 0 Å². The Hall–Kier alpha value is -2.09. The first-order chi connectivity index (χ1) is 13.7. The molecule has 1 saturated heterocycles. The lowest BCUT2D eigenvalue weighted by atomic mass is 9.89. The number of hydrogen-bond acceptors (Lipinski definition) is 4. The summed E-state index contributed by atoms with van der Waals surface area (Å²) in [6, 6.07) is 13.3. The highest BCUT2D eigenvalue weighted by molar-refractivity contribution is 7.91. The molecule has 0 aliphatic carbocycles. The highest BCUT2D eigenvalue weighted by atomic mass is 35.5. The number of carbonyl (C=O) groups is 2. The van der Waals surface area contributed by atoms with Crippen molar-refractivity contribution in [3.8, 4) is 0 Å². The SMILES string of the molecule is O=C(C[C@@H]1CS(=O)(=O)C[C@@H]1CC(=O)Nc1ccc(Cl)cc1)Nc1ccc(Cl)cc1. The molecule has 2 atom stereocenters. The van der Waals surface area contributed by atoms with Crippen molar-refractivity contribution in [2.45, 2.75) is 12.8 Å². The van der Waals surface area contributed by atoms with Crippen LogP contribution in [0.5, 0.6) is 0 Å². The Morgan fingerprint density at radius 2 is 1.10 bits per heavy atom. The first kappa shape index (κ1) is 21.6. The first-order valence-electron chi connectivity index (χ1n) is 9.01. The van der Waals surface area contributed by atoms with Crippen molar-refractivity contribution >= 4 is 56.2 Å². The first-order valence-corrected chi connectivity index (χ1v) is 11.6. The molecule has 2 amide bonds. The van der Waals surface area contributed by atoms with Gasteiger partial charge in [-0.25, -0.2) is 8.42 Å². The maximum absolute atomic E-state index is 12.4. The molecule has 3 rings (SSSR count). The number of sulfone groups is 1. The number of benzene rings is 2. The summed E-state index contributed by atoms with van der Waals surface area (Å²) in [5.74, 6) is -1.61. The standard InChI is InChI=1S/C20H20Cl2N2O4S/c21-15-1-5-17(6-2-15)23-19(25)9-13-11-29(27,28)12-14(13)10-20(26)24-18-7-3-16(22)4-8-18/h1-8,13-14H,9-12H2,(H,23,25)(H,24,26)/t13-,14+. The molecule has 2 aromatic rings. The Balaban J connectivity index is 1.60. The third kappa shape index (κ3) is 6.45. The Morgan fingerprint density at radius 3 is 1.45 bits per heavy atom. The maximum Gasteiger partial charge on any atom is 0.224 e. The minimum absolute atomic E-state index is 0.0285. The minimum Gasteiger partial charge on any atom is -0.326 e. The van der Waals surface area contributed by atoms with Crippen molar-refractivity contribution in [1.82, 2.24) is 0 Å². The number of anilines is 2. The van der Waals surface area contributed by atoms with E-state index >= 15 is 0 Å². The largest absolute Gasteiger partial charge is 0.326 e. The number of rotatable bonds is 6. The van der Waals surface area contributed by atoms with Crippen molar-refractivity contribution in [3.05, 3.63) is 58.6 Å². The van der Waals surface area contributed by atoms with E-state index in [0.717, 1.165) is 0 Å². The lowest BCUT2D eigenvalue weighted by molar-refractivity contribution is -0.119. The van der Waals surface area contributed by atoms with Gasteiger partial charge in [-0.15, -0.1) is 0 Å². The van der Waals surface area contributed by atoms with Gasteiger partial charge in [-0.1, -0.05) is 23.2 Å². The van der Waals surface area contributed by atoms with E-state index in [0.29, 0.717) is 21.4 Å². The number of hydrogen-bond donors (Lipinski definition) is 2. The summed E-state index contributed by atoms with van der Waals surface area (Å²) in [7, 11) is -3.29. The second-order valence-corrected chi connectivity index (χ2v) is 10.1. The van der Waals surface area contributed by atoms with Gasteiger partial charge < -0.3 is 10.6 Å². The molecule has 0 aromatic heterocycles. The van der Waals surface area contributed by atoms with Gasteiger partial charge in [0.2, 0.25) is 11.8 Å². The second-order valence-electron chi connectivity index (χ2n) is 7.12. The molecule has 154 valence electrons. The summed E-state index contributed by atoms with van der Waals surface area (Å²) >= 11 is 11.7. The van der Waals surface area contributed by atoms with E-state index in [9.17, 15) is 18.0 Å². The van der Waals surface area contributed by atoms with Crippen LogP contribution in [0.1, 0.15) is 12.8 Å². The van der Waals surface area contributed by atoms with Crippen LogP contribution in [0, 0.1) is 11.8 Å². The van der Waals surface area contributed by atoms with E-state index in [4.69, 9.17) is 23.2 Å². The molecule has 6 nitrogen and oxygen atoms in total. The van der Waals surface area contributed by atoms with Crippen molar-refractivity contribution in [2.24, 2.45) is 11.8 Å². The van der Waals surface area contributed by atoms with Gasteiger partial charge in [-0.05, 0) is 60.4 Å². The molecule has 1 aliphatic rings. The third-order valence-electron chi connectivity index (χ3n) is 4.75. The van der Waals surface area contributed by atoms with Gasteiger partial charge in [0.25, 0.3) is 0 Å². The average molecular weight is 455 g/mol. The van der Waals surface area contributed by atoms with Gasteiger partial charge in [0, 0.05) is 34.3 Å². The molecular formula is C20H20Cl2N2O4S. The van der Waals surface area contributed by atoms with Crippen molar-refractivity contribution in [2.75, 3.05) is 22.1 Å². The number of amides is 2. The molecule has 1 fully saturated rings. The molecule has 2 aromatic carbocycles. The highest BCUT2D eigenvalue weighted by Gasteiger charge is 2.39. The maximum atomic E-state index is 12.4. The van der Waals surface area contributed by atoms with Gasteiger partial charge in [0.15, 0.2) is 9.84 Å². The van der Waals surface area contributed by atoms with Crippen LogP contribution in [0.2, 0.25) is 10.0 Å². The Labute approximate surface area is 179 Å². The molecule has 2 N–H and O–H groups in total. The van der Waals surface area contributed by atoms with Gasteiger partial charge in [0.1, 0.15) is 0 Å². The molecule has 9 heteroatoms. The highest BCUT2D eigenvalue weighted by Crippen LogP contribution is 2.31. The fourth-order valence-corrected chi connectivity index (χ4v) is 5.88. The molecule has 0 spiro atoms. The molecule has 1 aliphatic heterocycles. The molecule has 0 radical (unpaired) electrons.